The predicted octanol–water partition coefficient (Wildman–Crippen LogP) is 2.98. The molecule has 1 amide bonds. The van der Waals surface area contributed by atoms with Crippen molar-refractivity contribution in [1.29, 1.82) is 0 Å². The lowest BCUT2D eigenvalue weighted by Gasteiger charge is -2.12. The molecule has 0 aromatic carbocycles. The van der Waals surface area contributed by atoms with E-state index in [4.69, 9.17) is 0 Å². The van der Waals surface area contributed by atoms with E-state index < -0.39 is 22.8 Å². The van der Waals surface area contributed by atoms with Crippen LogP contribution in [0.2, 0.25) is 0 Å². The van der Waals surface area contributed by atoms with E-state index in [0.717, 1.165) is 10.8 Å². The van der Waals surface area contributed by atoms with Crippen LogP contribution in [0.4, 0.5) is 4.39 Å². The van der Waals surface area contributed by atoms with Gasteiger partial charge >= 0.3 is 0 Å². The van der Waals surface area contributed by atoms with Crippen molar-refractivity contribution in [2.24, 2.45) is 0 Å². The van der Waals surface area contributed by atoms with Gasteiger partial charge in [-0.25, -0.2) is 4.39 Å². The third-order valence-corrected chi connectivity index (χ3v) is 3.90. The number of hydrogen-bond donors (Lipinski definition) is 3. The Balaban J connectivity index is 2.79. The van der Waals surface area contributed by atoms with E-state index in [2.05, 4.69) is 16.9 Å². The van der Waals surface area contributed by atoms with Crippen molar-refractivity contribution in [1.82, 2.24) is 14.9 Å². The van der Waals surface area contributed by atoms with Crippen LogP contribution in [0.1, 0.15) is 22.8 Å². The molecule has 0 unspecified atom stereocenters. The van der Waals surface area contributed by atoms with Crippen LogP contribution >= 0.6 is 0 Å². The summed E-state index contributed by atoms with van der Waals surface area (Å²) in [5, 5.41) is 22.4. The number of aromatic hydroxyl groups is 1. The Bertz CT molecular complexity index is 1080. The first kappa shape index (κ1) is 20.6. The molecular weight excluding hydrogens is 365 g/mol. The Morgan fingerprint density at radius 2 is 2.18 bits per heavy atom. The largest absolute Gasteiger partial charge is 0.511 e. The van der Waals surface area contributed by atoms with E-state index in [9.17, 15) is 24.2 Å². The summed E-state index contributed by atoms with van der Waals surface area (Å²) < 4.78 is 13.3. The first-order chi connectivity index (χ1) is 13.3. The van der Waals surface area contributed by atoms with Crippen molar-refractivity contribution in [2.45, 2.75) is 13.3 Å². The van der Waals surface area contributed by atoms with Gasteiger partial charge in [0, 0.05) is 19.4 Å². The van der Waals surface area contributed by atoms with Crippen molar-refractivity contribution in [2.75, 3.05) is 7.05 Å². The molecule has 0 radical (unpaired) electrons. The second-order valence-electron chi connectivity index (χ2n) is 5.90. The van der Waals surface area contributed by atoms with Crippen LogP contribution in [0.25, 0.3) is 17.2 Å². The van der Waals surface area contributed by atoms with Crippen LogP contribution in [0.3, 0.4) is 0 Å². The molecule has 0 bridgehead atoms. The summed E-state index contributed by atoms with van der Waals surface area (Å²) in [6, 6.07) is 1.59. The summed E-state index contributed by atoms with van der Waals surface area (Å²) in [6.07, 6.45) is 7.66. The van der Waals surface area contributed by atoms with Crippen LogP contribution in [0, 0.1) is 0 Å². The minimum absolute atomic E-state index is 0.0206. The number of nitrogens with one attached hydrogen (secondary N) is 1. The SMILES string of the molecule is C=C/C(=C\C=C\F)Cc1cnc2c(O)c(C(=O)NC)c(=O)n(/C=C(/C)O)c2c1. The van der Waals surface area contributed by atoms with E-state index in [0.29, 0.717) is 23.9 Å². The smallest absolute Gasteiger partial charge is 0.272 e. The van der Waals surface area contributed by atoms with Gasteiger partial charge in [-0.1, -0.05) is 18.7 Å². The van der Waals surface area contributed by atoms with E-state index >= 15 is 0 Å². The highest BCUT2D eigenvalue weighted by atomic mass is 19.1. The minimum atomic E-state index is -0.809. The van der Waals surface area contributed by atoms with E-state index in [1.54, 1.807) is 12.1 Å². The number of halogens is 1. The number of aliphatic hydroxyl groups is 1. The summed E-state index contributed by atoms with van der Waals surface area (Å²) in [7, 11) is 1.33. The normalized spacial score (nSPS) is 12.5. The highest BCUT2D eigenvalue weighted by Gasteiger charge is 2.22. The average Bonchev–Trinajstić information content (AvgIpc) is 2.67. The lowest BCUT2D eigenvalue weighted by atomic mass is 10.0. The third-order valence-electron chi connectivity index (χ3n) is 3.90. The lowest BCUT2D eigenvalue weighted by Crippen LogP contribution is -2.30. The van der Waals surface area contributed by atoms with Gasteiger partial charge in [-0.15, -0.1) is 0 Å². The Morgan fingerprint density at radius 3 is 2.75 bits per heavy atom. The van der Waals surface area contributed by atoms with Gasteiger partial charge in [-0.2, -0.15) is 0 Å². The van der Waals surface area contributed by atoms with Gasteiger partial charge < -0.3 is 15.5 Å². The number of pyridine rings is 2. The molecule has 0 fully saturated rings. The zero-order chi connectivity index (χ0) is 20.8. The number of fused-ring (bicyclic) bond motifs is 1. The molecule has 7 nitrogen and oxygen atoms in total. The van der Waals surface area contributed by atoms with Crippen LogP contribution in [0.5, 0.6) is 5.75 Å². The maximum atomic E-state index is 12.8. The third kappa shape index (κ3) is 4.17. The van der Waals surface area contributed by atoms with Gasteiger partial charge in [0.25, 0.3) is 11.5 Å². The molecule has 0 atom stereocenters. The highest BCUT2D eigenvalue weighted by molar-refractivity contribution is 6.01. The van der Waals surface area contributed by atoms with Gasteiger partial charge in [0.2, 0.25) is 0 Å². The lowest BCUT2D eigenvalue weighted by molar-refractivity contribution is 0.0959. The van der Waals surface area contributed by atoms with Crippen LogP contribution in [-0.4, -0.2) is 32.7 Å². The number of rotatable bonds is 6. The van der Waals surface area contributed by atoms with E-state index in [1.165, 1.54) is 32.3 Å². The molecule has 0 spiro atoms. The zero-order valence-corrected chi connectivity index (χ0v) is 15.4. The Labute approximate surface area is 160 Å². The molecule has 2 heterocycles. The fourth-order valence-electron chi connectivity index (χ4n) is 2.65. The second-order valence-corrected chi connectivity index (χ2v) is 5.90. The number of amides is 1. The molecule has 0 aliphatic heterocycles. The molecule has 2 aromatic heterocycles. The number of aliphatic hydroxyl groups excluding tert-OH is 1. The molecule has 0 saturated heterocycles. The summed E-state index contributed by atoms with van der Waals surface area (Å²) >= 11 is 0. The maximum Gasteiger partial charge on any atom is 0.272 e. The molecule has 146 valence electrons. The van der Waals surface area contributed by atoms with Crippen LogP contribution in [0.15, 0.2) is 59.5 Å². The monoisotopic (exact) mass is 385 g/mol. The molecule has 2 aromatic rings. The summed E-state index contributed by atoms with van der Waals surface area (Å²) in [5.74, 6) is -1.50. The van der Waals surface area contributed by atoms with Crippen LogP contribution in [-0.2, 0) is 6.42 Å². The highest BCUT2D eigenvalue weighted by Crippen LogP contribution is 2.26. The molecule has 3 N–H and O–H groups in total. The Hall–Kier alpha value is -3.68. The van der Waals surface area contributed by atoms with Crippen molar-refractivity contribution in [3.05, 3.63) is 76.2 Å². The Morgan fingerprint density at radius 1 is 1.46 bits per heavy atom. The molecule has 0 aliphatic rings. The van der Waals surface area contributed by atoms with Crippen LogP contribution < -0.4 is 10.9 Å². The minimum Gasteiger partial charge on any atom is -0.511 e. The Kier molecular flexibility index (Phi) is 6.49. The summed E-state index contributed by atoms with van der Waals surface area (Å²) in [6.45, 7) is 5.04. The zero-order valence-electron chi connectivity index (χ0n) is 15.4. The number of aromatic nitrogens is 2. The van der Waals surface area contributed by atoms with Gasteiger partial charge in [-0.3, -0.25) is 19.1 Å². The fourth-order valence-corrected chi connectivity index (χ4v) is 2.65. The molecule has 0 saturated carbocycles. The van der Waals surface area contributed by atoms with Crippen molar-refractivity contribution >= 4 is 23.1 Å². The fraction of sp³-hybridized carbons (Fsp3) is 0.150. The molecular formula is C20H20FN3O4. The van der Waals surface area contributed by atoms with Gasteiger partial charge in [0.15, 0.2) is 5.75 Å². The first-order valence-electron chi connectivity index (χ1n) is 8.27. The summed E-state index contributed by atoms with van der Waals surface area (Å²) in [5.41, 5.74) is 0.279. The van der Waals surface area contributed by atoms with Crippen molar-refractivity contribution in [3.63, 3.8) is 0 Å². The quantitative estimate of drug-likeness (QED) is 0.524. The number of nitrogens with zero attached hydrogens (tertiary/aromatic N) is 2. The van der Waals surface area contributed by atoms with Gasteiger partial charge in [-0.05, 0) is 36.6 Å². The molecule has 2 rings (SSSR count). The number of carbonyl (C=O) groups is 1. The molecule has 0 aliphatic carbocycles. The van der Waals surface area contributed by atoms with E-state index in [-0.39, 0.29) is 16.8 Å². The van der Waals surface area contributed by atoms with Crippen molar-refractivity contribution < 1.29 is 19.4 Å². The number of allylic oxidation sites excluding steroid dienone is 5. The topological polar surface area (TPSA) is 104 Å². The number of carbonyl (C=O) groups excluding carboxylic acids is 1. The number of hydrogen-bond acceptors (Lipinski definition) is 5. The maximum absolute atomic E-state index is 12.8. The van der Waals surface area contributed by atoms with Crippen molar-refractivity contribution in [3.8, 4) is 5.75 Å². The molecule has 8 heteroatoms. The first-order valence-corrected chi connectivity index (χ1v) is 8.27. The molecule has 28 heavy (non-hydrogen) atoms. The summed E-state index contributed by atoms with van der Waals surface area (Å²) in [4.78, 5) is 29.0. The second kappa shape index (κ2) is 8.81. The standard InChI is InChI=1S/C20H20FN3O4/c1-4-13(6-5-7-21)8-14-9-15-17(23-10-14)18(26)16(19(27)22-3)20(28)24(15)11-12(2)25/h4-7,9-11,25-26H,1,8H2,2-3H3,(H,22,27)/b7-5+,12-11-,13-6+. The average molecular weight is 385 g/mol. The van der Waals surface area contributed by atoms with E-state index in [1.807, 2.05) is 0 Å². The van der Waals surface area contributed by atoms with Gasteiger partial charge in [0.1, 0.15) is 16.8 Å². The predicted molar refractivity (Wildman–Crippen MR) is 106 cm³/mol. The van der Waals surface area contributed by atoms with Gasteiger partial charge in [0.05, 0.1) is 11.8 Å².